The molecule has 0 amide bonds. The molecule has 3 aromatic rings. The summed E-state index contributed by atoms with van der Waals surface area (Å²) in [7, 11) is -3.91. The molecule has 3 saturated carbocycles. The second-order valence-electron chi connectivity index (χ2n) is 18.4. The lowest BCUT2D eigenvalue weighted by molar-refractivity contribution is -0.206. The Hall–Kier alpha value is -4.81. The molecule has 7 unspecified atom stereocenters. The van der Waals surface area contributed by atoms with E-state index in [4.69, 9.17) is 33.4 Å². The van der Waals surface area contributed by atoms with Crippen LogP contribution in [0.2, 0.25) is 0 Å². The molecule has 10 rings (SSSR count). The van der Waals surface area contributed by atoms with E-state index in [1.807, 2.05) is 89.5 Å². The Morgan fingerprint density at radius 2 is 1.77 bits per heavy atom. The molecule has 1 aromatic heterocycles. The first kappa shape index (κ1) is 40.6. The van der Waals surface area contributed by atoms with E-state index in [1.54, 1.807) is 13.0 Å². The number of phosphoric acid groups is 1. The van der Waals surface area contributed by atoms with Gasteiger partial charge in [0.05, 0.1) is 52.5 Å². The molecule has 1 saturated heterocycles. The van der Waals surface area contributed by atoms with Crippen molar-refractivity contribution in [2.45, 2.75) is 116 Å². The number of Topliss-reactive ketones (excluding diaryl/α,β-unsaturated/α-hetero) is 1. The fourth-order valence-corrected chi connectivity index (χ4v) is 11.5. The Kier molecular flexibility index (Phi) is 9.20. The number of methoxy groups -OCH3 is 1. The number of carbonyl (C=O) groups excluding carboxylic acids is 2. The lowest BCUT2D eigenvalue weighted by Crippen LogP contribution is -2.79. The number of hydrogen-bond acceptors (Lipinski definition) is 10. The summed E-state index contributed by atoms with van der Waals surface area (Å²) in [5, 5.41) is 0. The lowest BCUT2D eigenvalue weighted by Gasteiger charge is -2.64. The van der Waals surface area contributed by atoms with Gasteiger partial charge in [-0.3, -0.25) is 14.6 Å². The number of hydrogen-bond donors (Lipinski definition) is 2. The zero-order valence-corrected chi connectivity index (χ0v) is 36.4. The number of aromatic nitrogens is 2. The van der Waals surface area contributed by atoms with Gasteiger partial charge < -0.3 is 28.0 Å². The summed E-state index contributed by atoms with van der Waals surface area (Å²) in [6.07, 6.45) is 11.8. The molecule has 3 aliphatic carbocycles. The smallest absolute Gasteiger partial charge is 0.482 e. The summed E-state index contributed by atoms with van der Waals surface area (Å²) in [5.41, 5.74) is 0.975. The Bertz CT molecular complexity index is 2600. The molecular weight excluding hydrogens is 785 g/mol. The summed E-state index contributed by atoms with van der Waals surface area (Å²) in [5.74, 6) is -1.46. The van der Waals surface area contributed by atoms with Crippen LogP contribution in [0.1, 0.15) is 104 Å². The first-order chi connectivity index (χ1) is 28.3. The first-order valence-electron chi connectivity index (χ1n) is 20.6. The molecule has 2 N–H and O–H groups in total. The number of rotatable bonds is 10. The molecule has 2 aromatic carbocycles. The predicted octanol–water partition coefficient (Wildman–Crippen LogP) is 8.63. The predicted molar refractivity (Wildman–Crippen MR) is 226 cm³/mol. The van der Waals surface area contributed by atoms with Gasteiger partial charge in [-0.2, -0.15) is 0 Å². The molecular formula is C46H52N3O10P. The number of ketones is 1. The highest BCUT2D eigenvalue weighted by molar-refractivity contribution is 7.46. The third-order valence-electron chi connectivity index (χ3n) is 13.5. The third-order valence-corrected chi connectivity index (χ3v) is 14.0. The topological polar surface area (TPSA) is 168 Å². The van der Waals surface area contributed by atoms with Gasteiger partial charge in [-0.25, -0.2) is 19.3 Å². The van der Waals surface area contributed by atoms with E-state index in [0.717, 1.165) is 17.5 Å². The molecule has 4 aliphatic heterocycles. The van der Waals surface area contributed by atoms with E-state index in [2.05, 4.69) is 12.2 Å². The largest absolute Gasteiger partial charge is 0.524 e. The van der Waals surface area contributed by atoms with Gasteiger partial charge in [0.25, 0.3) is 0 Å². The minimum atomic E-state index is -5.22. The summed E-state index contributed by atoms with van der Waals surface area (Å²) in [4.78, 5) is 60.1. The molecule has 0 radical (unpaired) electrons. The molecule has 1 spiro atoms. The maximum atomic E-state index is 15.7. The highest BCUT2D eigenvalue weighted by atomic mass is 31.2. The Morgan fingerprint density at radius 3 is 2.47 bits per heavy atom. The summed E-state index contributed by atoms with van der Waals surface area (Å²) >= 11 is 0. The van der Waals surface area contributed by atoms with Crippen molar-refractivity contribution in [2.24, 2.45) is 22.7 Å². The van der Waals surface area contributed by atoms with Crippen molar-refractivity contribution in [3.05, 3.63) is 82.0 Å². The van der Waals surface area contributed by atoms with E-state index in [-0.39, 0.29) is 35.2 Å². The van der Waals surface area contributed by atoms with Crippen LogP contribution in [0, 0.1) is 17.8 Å². The number of phosphoric ester groups is 1. The van der Waals surface area contributed by atoms with E-state index in [0.29, 0.717) is 58.9 Å². The lowest BCUT2D eigenvalue weighted by atomic mass is 9.44. The summed E-state index contributed by atoms with van der Waals surface area (Å²) in [6, 6.07) is 7.13. The fourth-order valence-electron chi connectivity index (χ4n) is 11.1. The van der Waals surface area contributed by atoms with E-state index in [9.17, 15) is 19.1 Å². The first-order valence-corrected chi connectivity index (χ1v) is 22.2. The number of esters is 1. The van der Waals surface area contributed by atoms with Crippen molar-refractivity contribution in [1.29, 1.82) is 0 Å². The van der Waals surface area contributed by atoms with Crippen molar-refractivity contribution >= 4 is 48.3 Å². The quantitative estimate of drug-likeness (QED) is 0.0868. The average Bonchev–Trinajstić information content (AvgIpc) is 3.61. The van der Waals surface area contributed by atoms with Gasteiger partial charge in [0.15, 0.2) is 22.7 Å². The number of imidazole rings is 1. The minimum Gasteiger partial charge on any atom is -0.482 e. The number of ether oxygens (including phenoxy) is 4. The third kappa shape index (κ3) is 5.79. The van der Waals surface area contributed by atoms with Crippen LogP contribution in [-0.2, 0) is 30.0 Å². The minimum absolute atomic E-state index is 0.00825. The van der Waals surface area contributed by atoms with Crippen LogP contribution >= 0.6 is 7.82 Å². The summed E-state index contributed by atoms with van der Waals surface area (Å²) in [6.45, 7) is 15.7. The van der Waals surface area contributed by atoms with Crippen LogP contribution in [0.4, 0.5) is 5.95 Å². The zero-order valence-electron chi connectivity index (χ0n) is 35.5. The molecule has 13 nitrogen and oxygen atoms in total. The average molecular weight is 838 g/mol. The van der Waals surface area contributed by atoms with Crippen LogP contribution in [0.15, 0.2) is 70.3 Å². The number of nitrogens with zero attached hydrogens (tertiary/aromatic N) is 3. The molecule has 7 aliphatic rings. The number of carbonyl (C=O) groups is 2. The second kappa shape index (κ2) is 13.6. The molecule has 4 bridgehead atoms. The molecule has 5 heterocycles. The van der Waals surface area contributed by atoms with Gasteiger partial charge in [0, 0.05) is 29.4 Å². The van der Waals surface area contributed by atoms with Crippen LogP contribution in [-0.4, -0.2) is 66.3 Å². The molecule has 14 heteroatoms. The Balaban J connectivity index is 1.40. The molecule has 60 heavy (non-hydrogen) atoms. The van der Waals surface area contributed by atoms with Crippen molar-refractivity contribution < 1.29 is 47.4 Å². The Labute approximate surface area is 349 Å². The fraction of sp³-hybridized carbons (Fsp3) is 0.478. The number of aliphatic imine (C=N–C) groups is 1. The standard InChI is InChI=1S/C46H52N3O10P/c1-24(2)13-12-20-44(8)21-19-28-37(56-44)27(17-16-25(3)4)38-33(39(28)58-60(52,53)54)35-34-36(49-31-15-11-10-14-30(31)47-42(49)48-35)29-23-32-43(6,7)59-45(40(29)50,46(32,34)57-38)22-18-26(5)41(51)55-9/h10-11,13-16,18-19,21,29,32,34,36H,12,17,20,22-23H2,1-9H3,(H2,52,53,54). The van der Waals surface area contributed by atoms with Crippen LogP contribution in [0.5, 0.6) is 17.2 Å². The van der Waals surface area contributed by atoms with Crippen molar-refractivity contribution in [1.82, 2.24) is 9.55 Å². The monoisotopic (exact) mass is 837 g/mol. The number of para-hydroxylation sites is 2. The van der Waals surface area contributed by atoms with Crippen LogP contribution < -0.4 is 14.0 Å². The van der Waals surface area contributed by atoms with E-state index < -0.39 is 54.1 Å². The summed E-state index contributed by atoms with van der Waals surface area (Å²) < 4.78 is 47.9. The number of benzene rings is 2. The highest BCUT2D eigenvalue weighted by Crippen LogP contribution is 2.74. The van der Waals surface area contributed by atoms with Crippen molar-refractivity contribution in [3.63, 3.8) is 0 Å². The molecule has 316 valence electrons. The molecule has 4 fully saturated rings. The maximum Gasteiger partial charge on any atom is 0.524 e. The Morgan fingerprint density at radius 1 is 1.03 bits per heavy atom. The van der Waals surface area contributed by atoms with E-state index >= 15 is 4.79 Å². The van der Waals surface area contributed by atoms with Gasteiger partial charge in [0.1, 0.15) is 17.1 Å². The number of fused-ring (bicyclic) bond motifs is 6. The normalized spacial score (nSPS) is 29.9. The van der Waals surface area contributed by atoms with Crippen LogP contribution in [0.25, 0.3) is 17.1 Å². The second-order valence-corrected chi connectivity index (χ2v) is 19.6. The number of allylic oxidation sites excluding steroid dienone is 4. The van der Waals surface area contributed by atoms with Gasteiger partial charge in [0.2, 0.25) is 5.95 Å². The van der Waals surface area contributed by atoms with Crippen molar-refractivity contribution in [3.8, 4) is 17.2 Å². The highest BCUT2D eigenvalue weighted by Gasteiger charge is 2.85. The zero-order chi connectivity index (χ0) is 42.9. The van der Waals surface area contributed by atoms with Gasteiger partial charge in [-0.05, 0) is 105 Å². The van der Waals surface area contributed by atoms with Crippen molar-refractivity contribution in [2.75, 3.05) is 7.11 Å². The molecule has 7 atom stereocenters. The van der Waals surface area contributed by atoms with E-state index in [1.165, 1.54) is 12.7 Å². The van der Waals surface area contributed by atoms with Gasteiger partial charge in [-0.15, -0.1) is 0 Å². The SMILES string of the molecule is COC(=O)C(C)=CCC12OC(C)(C)C3CC(C1=O)C1C4C(=Nc5nc6ccccc6n51)c1c(OP(=O)(O)O)c5c(c(CC=C(C)C)c1OC432)OC(C)(CCC=C(C)C)C=C5. The maximum absolute atomic E-state index is 15.7. The van der Waals surface area contributed by atoms with Crippen LogP contribution in [0.3, 0.4) is 0 Å². The van der Waals surface area contributed by atoms with Gasteiger partial charge in [-0.1, -0.05) is 41.5 Å². The van der Waals surface area contributed by atoms with Gasteiger partial charge >= 0.3 is 13.8 Å².